The van der Waals surface area contributed by atoms with Crippen LogP contribution in [0.25, 0.3) is 0 Å². The zero-order valence-electron chi connectivity index (χ0n) is 13.2. The molecule has 0 unspecified atom stereocenters. The Labute approximate surface area is 154 Å². The van der Waals surface area contributed by atoms with Crippen LogP contribution in [0.15, 0.2) is 47.1 Å². The van der Waals surface area contributed by atoms with Crippen LogP contribution in [0.1, 0.15) is 21.9 Å². The summed E-state index contributed by atoms with van der Waals surface area (Å²) in [7, 11) is 0. The number of carbonyl (C=O) groups is 1. The molecule has 0 saturated heterocycles. The normalized spacial score (nSPS) is 10.5. The molecular formula is C17H14Cl2N4O2. The van der Waals surface area contributed by atoms with E-state index in [2.05, 4.69) is 20.6 Å². The molecule has 128 valence electrons. The Morgan fingerprint density at radius 1 is 1.20 bits per heavy atom. The second kappa shape index (κ2) is 7.55. The SMILES string of the molecule is Cc1cc(C(=O)NCc2ccco2)nc(Nc2cccc(Cl)c2Cl)n1. The van der Waals surface area contributed by atoms with Crippen molar-refractivity contribution in [2.45, 2.75) is 13.5 Å². The van der Waals surface area contributed by atoms with Crippen LogP contribution in [0, 0.1) is 6.92 Å². The first-order chi connectivity index (χ1) is 12.0. The fourth-order valence-electron chi connectivity index (χ4n) is 2.13. The number of hydrogen-bond acceptors (Lipinski definition) is 5. The lowest BCUT2D eigenvalue weighted by molar-refractivity contribution is 0.0943. The largest absolute Gasteiger partial charge is 0.467 e. The van der Waals surface area contributed by atoms with Gasteiger partial charge in [0.1, 0.15) is 11.5 Å². The summed E-state index contributed by atoms with van der Waals surface area (Å²) in [5, 5.41) is 6.50. The lowest BCUT2D eigenvalue weighted by atomic mass is 10.3. The van der Waals surface area contributed by atoms with Crippen molar-refractivity contribution in [3.63, 3.8) is 0 Å². The van der Waals surface area contributed by atoms with Gasteiger partial charge in [0.15, 0.2) is 0 Å². The van der Waals surface area contributed by atoms with Crippen LogP contribution < -0.4 is 10.6 Å². The highest BCUT2D eigenvalue weighted by atomic mass is 35.5. The molecule has 0 aliphatic carbocycles. The fraction of sp³-hybridized carbons (Fsp3) is 0.118. The van der Waals surface area contributed by atoms with Crippen molar-refractivity contribution in [1.29, 1.82) is 0 Å². The summed E-state index contributed by atoms with van der Waals surface area (Å²) in [5.74, 6) is 0.581. The highest BCUT2D eigenvalue weighted by Crippen LogP contribution is 2.30. The smallest absolute Gasteiger partial charge is 0.270 e. The molecule has 2 heterocycles. The van der Waals surface area contributed by atoms with Crippen LogP contribution in [0.3, 0.4) is 0 Å². The summed E-state index contributed by atoms with van der Waals surface area (Å²) >= 11 is 12.1. The minimum absolute atomic E-state index is 0.236. The second-order valence-electron chi connectivity index (χ2n) is 5.21. The van der Waals surface area contributed by atoms with Gasteiger partial charge in [0.05, 0.1) is 28.5 Å². The monoisotopic (exact) mass is 376 g/mol. The number of furan rings is 1. The summed E-state index contributed by atoms with van der Waals surface area (Å²) in [5.41, 5.74) is 1.43. The molecule has 25 heavy (non-hydrogen) atoms. The Hall–Kier alpha value is -2.57. The van der Waals surface area contributed by atoms with Crippen molar-refractivity contribution in [1.82, 2.24) is 15.3 Å². The molecule has 0 aliphatic heterocycles. The molecule has 0 fully saturated rings. The topological polar surface area (TPSA) is 80.0 Å². The third-order valence-electron chi connectivity index (χ3n) is 3.29. The number of halogens is 2. The molecule has 0 saturated carbocycles. The Balaban J connectivity index is 1.78. The molecule has 3 aromatic rings. The van der Waals surface area contributed by atoms with E-state index in [0.717, 1.165) is 0 Å². The van der Waals surface area contributed by atoms with Gasteiger partial charge >= 0.3 is 0 Å². The van der Waals surface area contributed by atoms with E-state index >= 15 is 0 Å². The number of aromatic nitrogens is 2. The van der Waals surface area contributed by atoms with E-state index in [4.69, 9.17) is 27.6 Å². The van der Waals surface area contributed by atoms with Crippen molar-refractivity contribution in [2.75, 3.05) is 5.32 Å². The molecule has 2 N–H and O–H groups in total. The van der Waals surface area contributed by atoms with Crippen LogP contribution in [-0.2, 0) is 6.54 Å². The molecule has 6 nitrogen and oxygen atoms in total. The standard InChI is InChI=1S/C17H14Cl2N4O2/c1-10-8-14(16(24)20-9-11-4-3-7-25-11)23-17(21-10)22-13-6-2-5-12(18)15(13)19/h2-8H,9H2,1H3,(H,20,24)(H,21,22,23). The Bertz CT molecular complexity index is 898. The van der Waals surface area contributed by atoms with Gasteiger partial charge in [-0.2, -0.15) is 0 Å². The molecule has 3 rings (SSSR count). The lowest BCUT2D eigenvalue weighted by Gasteiger charge is -2.10. The van der Waals surface area contributed by atoms with E-state index in [-0.39, 0.29) is 24.1 Å². The quantitative estimate of drug-likeness (QED) is 0.691. The molecule has 0 aliphatic rings. The number of anilines is 2. The Kier molecular flexibility index (Phi) is 5.21. The minimum atomic E-state index is -0.331. The first-order valence-electron chi connectivity index (χ1n) is 7.40. The summed E-state index contributed by atoms with van der Waals surface area (Å²) in [4.78, 5) is 20.8. The van der Waals surface area contributed by atoms with Crippen molar-refractivity contribution in [2.24, 2.45) is 0 Å². The molecular weight excluding hydrogens is 363 g/mol. The predicted molar refractivity (Wildman–Crippen MR) is 96.4 cm³/mol. The van der Waals surface area contributed by atoms with Crippen molar-refractivity contribution >= 4 is 40.7 Å². The maximum atomic E-state index is 12.3. The van der Waals surface area contributed by atoms with Gasteiger partial charge < -0.3 is 15.1 Å². The number of hydrogen-bond donors (Lipinski definition) is 2. The summed E-state index contributed by atoms with van der Waals surface area (Å²) in [6, 6.07) is 10.3. The average Bonchev–Trinajstić information content (AvgIpc) is 3.10. The number of amides is 1. The maximum absolute atomic E-state index is 12.3. The van der Waals surface area contributed by atoms with Crippen LogP contribution in [0.2, 0.25) is 10.0 Å². The van der Waals surface area contributed by atoms with Crippen molar-refractivity contribution in [3.8, 4) is 0 Å². The fourth-order valence-corrected chi connectivity index (χ4v) is 2.48. The Morgan fingerprint density at radius 2 is 2.04 bits per heavy atom. The summed E-state index contributed by atoms with van der Waals surface area (Å²) in [6.45, 7) is 2.05. The number of rotatable bonds is 5. The lowest BCUT2D eigenvalue weighted by Crippen LogP contribution is -2.24. The van der Waals surface area contributed by atoms with E-state index in [9.17, 15) is 4.79 Å². The van der Waals surface area contributed by atoms with Gasteiger partial charge in [0.25, 0.3) is 5.91 Å². The van der Waals surface area contributed by atoms with E-state index in [1.54, 1.807) is 49.6 Å². The van der Waals surface area contributed by atoms with Crippen molar-refractivity contribution in [3.05, 3.63) is 69.9 Å². The highest BCUT2D eigenvalue weighted by Gasteiger charge is 2.12. The van der Waals surface area contributed by atoms with E-state index in [0.29, 0.717) is 27.2 Å². The van der Waals surface area contributed by atoms with Crippen LogP contribution >= 0.6 is 23.2 Å². The zero-order valence-corrected chi connectivity index (χ0v) is 14.7. The number of benzene rings is 1. The molecule has 0 radical (unpaired) electrons. The highest BCUT2D eigenvalue weighted by molar-refractivity contribution is 6.43. The molecule has 1 amide bonds. The van der Waals surface area contributed by atoms with E-state index in [1.165, 1.54) is 0 Å². The number of nitrogens with zero attached hydrogens (tertiary/aromatic N) is 2. The molecule has 2 aromatic heterocycles. The molecule has 0 spiro atoms. The van der Waals surface area contributed by atoms with Gasteiger partial charge in [-0.25, -0.2) is 9.97 Å². The summed E-state index contributed by atoms with van der Waals surface area (Å²) < 4.78 is 5.18. The molecule has 8 heteroatoms. The maximum Gasteiger partial charge on any atom is 0.270 e. The predicted octanol–water partition coefficient (Wildman–Crippen LogP) is 4.36. The average molecular weight is 377 g/mol. The van der Waals surface area contributed by atoms with Crippen LogP contribution in [0.5, 0.6) is 0 Å². The Morgan fingerprint density at radius 3 is 2.80 bits per heavy atom. The van der Waals surface area contributed by atoms with Crippen LogP contribution in [0.4, 0.5) is 11.6 Å². The number of aryl methyl sites for hydroxylation is 1. The first kappa shape index (κ1) is 17.3. The number of nitrogens with one attached hydrogen (secondary N) is 2. The van der Waals surface area contributed by atoms with E-state index < -0.39 is 0 Å². The molecule has 1 aromatic carbocycles. The van der Waals surface area contributed by atoms with Gasteiger partial charge in [-0.3, -0.25) is 4.79 Å². The molecule has 0 bridgehead atoms. The minimum Gasteiger partial charge on any atom is -0.467 e. The van der Waals surface area contributed by atoms with Gasteiger partial charge in [-0.05, 0) is 37.3 Å². The number of carbonyl (C=O) groups excluding carboxylic acids is 1. The van der Waals surface area contributed by atoms with Gasteiger partial charge in [-0.1, -0.05) is 29.3 Å². The van der Waals surface area contributed by atoms with Gasteiger partial charge in [0, 0.05) is 5.69 Å². The summed E-state index contributed by atoms with van der Waals surface area (Å²) in [6.07, 6.45) is 1.55. The van der Waals surface area contributed by atoms with Gasteiger partial charge in [0.2, 0.25) is 5.95 Å². The first-order valence-corrected chi connectivity index (χ1v) is 8.16. The third kappa shape index (κ3) is 4.29. The third-order valence-corrected chi connectivity index (χ3v) is 4.11. The van der Waals surface area contributed by atoms with Crippen molar-refractivity contribution < 1.29 is 9.21 Å². The molecule has 0 atom stereocenters. The zero-order chi connectivity index (χ0) is 17.8. The second-order valence-corrected chi connectivity index (χ2v) is 5.99. The van der Waals surface area contributed by atoms with Gasteiger partial charge in [-0.15, -0.1) is 0 Å². The van der Waals surface area contributed by atoms with E-state index in [1.807, 2.05) is 0 Å². The van der Waals surface area contributed by atoms with Crippen LogP contribution in [-0.4, -0.2) is 15.9 Å².